The van der Waals surface area contributed by atoms with Crippen molar-refractivity contribution in [1.29, 1.82) is 0 Å². The van der Waals surface area contributed by atoms with E-state index in [-0.39, 0.29) is 11.5 Å². The fourth-order valence-electron chi connectivity index (χ4n) is 0.997. The molecule has 17 heavy (non-hydrogen) atoms. The van der Waals surface area contributed by atoms with Crippen LogP contribution in [0.3, 0.4) is 0 Å². The van der Waals surface area contributed by atoms with Crippen LogP contribution in [0.5, 0.6) is 0 Å². The summed E-state index contributed by atoms with van der Waals surface area (Å²) in [4.78, 5) is 10.8. The molecule has 0 aliphatic carbocycles. The molecule has 0 spiro atoms. The van der Waals surface area contributed by atoms with Gasteiger partial charge in [-0.15, -0.1) is 0 Å². The summed E-state index contributed by atoms with van der Waals surface area (Å²) in [6.07, 6.45) is 0. The Morgan fingerprint density at radius 3 is 2.41 bits per heavy atom. The molecule has 0 heterocycles. The highest BCUT2D eigenvalue weighted by atomic mass is 35.5. The van der Waals surface area contributed by atoms with Crippen LogP contribution in [0.2, 0.25) is 5.02 Å². The molecule has 0 saturated heterocycles. The van der Waals surface area contributed by atoms with Crippen molar-refractivity contribution >= 4 is 28.4 Å². The summed E-state index contributed by atoms with van der Waals surface area (Å²) in [5.74, 6) is -1.80. The zero-order valence-corrected chi connectivity index (χ0v) is 10.4. The van der Waals surface area contributed by atoms with Crippen molar-refractivity contribution in [3.05, 3.63) is 29.3 Å². The monoisotopic (exact) mass is 282 g/mol. The summed E-state index contributed by atoms with van der Waals surface area (Å²) >= 11 is 5.56. The Morgan fingerprint density at radius 1 is 1.41 bits per heavy atom. The third-order valence-corrected chi connectivity index (χ3v) is 3.36. The van der Waals surface area contributed by atoms with E-state index >= 15 is 0 Å². The van der Waals surface area contributed by atoms with Crippen LogP contribution in [0.15, 0.2) is 29.2 Å². The van der Waals surface area contributed by atoms with Gasteiger partial charge in [-0.25, -0.2) is 9.00 Å². The van der Waals surface area contributed by atoms with E-state index in [1.807, 2.05) is 0 Å². The van der Waals surface area contributed by atoms with E-state index in [1.54, 1.807) is 0 Å². The highest BCUT2D eigenvalue weighted by Crippen LogP contribution is 2.27. The van der Waals surface area contributed by atoms with Gasteiger partial charge in [0.2, 0.25) is 0 Å². The van der Waals surface area contributed by atoms with Crippen LogP contribution in [0.4, 0.5) is 8.78 Å². The van der Waals surface area contributed by atoms with Gasteiger partial charge in [0.25, 0.3) is 0 Å². The topological polar surface area (TPSA) is 43.4 Å². The first-order chi connectivity index (χ1) is 7.89. The van der Waals surface area contributed by atoms with E-state index < -0.39 is 22.0 Å². The van der Waals surface area contributed by atoms with Crippen molar-refractivity contribution in [2.45, 2.75) is 17.1 Å². The maximum Gasteiger partial charge on any atom is 0.420 e. The Morgan fingerprint density at radius 2 is 1.94 bits per heavy atom. The molecule has 1 atom stereocenters. The summed E-state index contributed by atoms with van der Waals surface area (Å²) < 4.78 is 42.4. The summed E-state index contributed by atoms with van der Waals surface area (Å²) in [7, 11) is -2.80. The fourth-order valence-corrected chi connectivity index (χ4v) is 2.01. The van der Waals surface area contributed by atoms with Crippen LogP contribution in [-0.2, 0) is 20.3 Å². The summed E-state index contributed by atoms with van der Waals surface area (Å²) in [5.41, 5.74) is 0. The number of hydrogen-bond donors (Lipinski definition) is 0. The van der Waals surface area contributed by atoms with Crippen molar-refractivity contribution in [2.24, 2.45) is 0 Å². The number of alkyl halides is 2. The van der Waals surface area contributed by atoms with Crippen LogP contribution >= 0.6 is 11.6 Å². The van der Waals surface area contributed by atoms with Crippen molar-refractivity contribution in [2.75, 3.05) is 6.61 Å². The van der Waals surface area contributed by atoms with Crippen molar-refractivity contribution in [3.8, 4) is 0 Å². The van der Waals surface area contributed by atoms with Gasteiger partial charge in [0.15, 0.2) is 0 Å². The molecule has 1 rings (SSSR count). The number of benzene rings is 1. The Hall–Kier alpha value is -1.01. The van der Waals surface area contributed by atoms with E-state index in [0.717, 1.165) is 0 Å². The third-order valence-electron chi connectivity index (χ3n) is 1.77. The minimum absolute atomic E-state index is 0.188. The highest BCUT2D eigenvalue weighted by molar-refractivity contribution is 7.87. The van der Waals surface area contributed by atoms with Crippen LogP contribution in [0, 0.1) is 0 Å². The van der Waals surface area contributed by atoms with Gasteiger partial charge in [-0.1, -0.05) is 11.6 Å². The van der Waals surface area contributed by atoms with Crippen LogP contribution < -0.4 is 0 Å². The quantitative estimate of drug-likeness (QED) is 0.797. The lowest BCUT2D eigenvalue weighted by atomic mass is 10.4. The number of hydrogen-bond acceptors (Lipinski definition) is 3. The fraction of sp³-hybridized carbons (Fsp3) is 0.300. The number of rotatable bonds is 4. The molecule has 3 nitrogen and oxygen atoms in total. The first kappa shape index (κ1) is 14.1. The van der Waals surface area contributed by atoms with Gasteiger partial charge < -0.3 is 4.74 Å². The summed E-state index contributed by atoms with van der Waals surface area (Å²) in [6.45, 7) is 1.19. The smallest absolute Gasteiger partial charge is 0.420 e. The minimum Gasteiger partial charge on any atom is -0.461 e. The molecular weight excluding hydrogens is 274 g/mol. The van der Waals surface area contributed by atoms with Crippen molar-refractivity contribution in [1.82, 2.24) is 0 Å². The minimum atomic E-state index is -4.07. The van der Waals surface area contributed by atoms with E-state index in [1.165, 1.54) is 31.2 Å². The lowest BCUT2D eigenvalue weighted by Crippen LogP contribution is -2.35. The summed E-state index contributed by atoms with van der Waals surface area (Å²) in [5, 5.41) is -3.74. The predicted molar refractivity (Wildman–Crippen MR) is 59.4 cm³/mol. The molecular formula is C10H9ClF2O3S. The largest absolute Gasteiger partial charge is 0.461 e. The van der Waals surface area contributed by atoms with Gasteiger partial charge in [-0.2, -0.15) is 8.78 Å². The standard InChI is InChI=1S/C10H9ClF2O3S/c1-2-16-9(14)10(12,13)17(15)8-5-3-7(11)4-6-8/h3-6H,2H2,1H3. The molecule has 0 N–H and O–H groups in total. The van der Waals surface area contributed by atoms with Gasteiger partial charge in [-0.05, 0) is 31.2 Å². The van der Waals surface area contributed by atoms with E-state index in [0.29, 0.717) is 5.02 Å². The SMILES string of the molecule is CCOC(=O)C(F)(F)S(=O)c1ccc(Cl)cc1. The van der Waals surface area contributed by atoms with Gasteiger partial charge in [-0.3, -0.25) is 0 Å². The van der Waals surface area contributed by atoms with Crippen molar-refractivity contribution < 1.29 is 22.5 Å². The van der Waals surface area contributed by atoms with Gasteiger partial charge >= 0.3 is 11.2 Å². The summed E-state index contributed by atoms with van der Waals surface area (Å²) in [6, 6.07) is 4.98. The number of carbonyl (C=O) groups is 1. The molecule has 1 aromatic carbocycles. The Labute approximate surface area is 104 Å². The lowest BCUT2D eigenvalue weighted by Gasteiger charge is -2.13. The second-order valence-corrected chi connectivity index (χ2v) is 4.92. The molecule has 0 aromatic heterocycles. The van der Waals surface area contributed by atoms with E-state index in [9.17, 15) is 17.8 Å². The molecule has 94 valence electrons. The van der Waals surface area contributed by atoms with Gasteiger partial charge in [0.05, 0.1) is 6.61 Å². The van der Waals surface area contributed by atoms with E-state index in [4.69, 9.17) is 11.6 Å². The molecule has 0 saturated carbocycles. The molecule has 0 amide bonds. The predicted octanol–water partition coefficient (Wildman–Crippen LogP) is 2.60. The van der Waals surface area contributed by atoms with Crippen molar-refractivity contribution in [3.63, 3.8) is 0 Å². The molecule has 1 unspecified atom stereocenters. The van der Waals surface area contributed by atoms with Crippen LogP contribution in [-0.4, -0.2) is 22.0 Å². The number of esters is 1. The highest BCUT2D eigenvalue weighted by Gasteiger charge is 2.48. The number of ether oxygens (including phenoxy) is 1. The lowest BCUT2D eigenvalue weighted by molar-refractivity contribution is -0.159. The molecule has 0 bridgehead atoms. The van der Waals surface area contributed by atoms with Gasteiger partial charge in [0, 0.05) is 9.92 Å². The number of carbonyl (C=O) groups excluding carboxylic acids is 1. The van der Waals surface area contributed by atoms with Gasteiger partial charge in [0.1, 0.15) is 10.8 Å². The third kappa shape index (κ3) is 3.23. The first-order valence-corrected chi connectivity index (χ1v) is 6.15. The Balaban J connectivity index is 2.95. The molecule has 0 radical (unpaired) electrons. The molecule has 1 aromatic rings. The second kappa shape index (κ2) is 5.55. The second-order valence-electron chi connectivity index (χ2n) is 2.96. The zero-order valence-electron chi connectivity index (χ0n) is 8.78. The number of halogens is 3. The Bertz CT molecular complexity index is 434. The van der Waals surface area contributed by atoms with E-state index in [2.05, 4.69) is 4.74 Å². The average Bonchev–Trinajstić information content (AvgIpc) is 2.29. The molecule has 7 heteroatoms. The van der Waals surface area contributed by atoms with Crippen LogP contribution in [0.25, 0.3) is 0 Å². The normalized spacial score (nSPS) is 13.2. The first-order valence-electron chi connectivity index (χ1n) is 4.62. The maximum atomic E-state index is 13.4. The Kier molecular flexibility index (Phi) is 4.59. The molecule has 0 fully saturated rings. The zero-order chi connectivity index (χ0) is 13.1. The van der Waals surface area contributed by atoms with Crippen LogP contribution in [0.1, 0.15) is 6.92 Å². The maximum absolute atomic E-state index is 13.4. The molecule has 0 aliphatic heterocycles. The molecule has 0 aliphatic rings. The average molecular weight is 283 g/mol.